The fraction of sp³-hybridized carbons (Fsp3) is 0.0667. The van der Waals surface area contributed by atoms with Crippen LogP contribution in [0, 0.1) is 6.92 Å². The van der Waals surface area contributed by atoms with Crippen LogP contribution in [-0.2, 0) is 0 Å². The van der Waals surface area contributed by atoms with Crippen LogP contribution in [0.3, 0.4) is 0 Å². The molecule has 0 saturated carbocycles. The standard InChI is InChI=1S/C15H11ClN2O2/c1-9-5-4-8-18-13(9)12(15(19)20)17-14(18)10-6-2-3-7-11(10)16/h2-8H,1H3,(H,19,20). The Balaban J connectivity index is 2.41. The third kappa shape index (κ3) is 1.85. The van der Waals surface area contributed by atoms with Gasteiger partial charge in [0.2, 0.25) is 0 Å². The summed E-state index contributed by atoms with van der Waals surface area (Å²) in [5.74, 6) is -0.512. The molecule has 100 valence electrons. The van der Waals surface area contributed by atoms with E-state index in [4.69, 9.17) is 11.6 Å². The number of carboxylic acid groups (broad SMARTS) is 1. The normalized spacial score (nSPS) is 10.9. The number of hydrogen-bond donors (Lipinski definition) is 1. The molecule has 1 N–H and O–H groups in total. The van der Waals surface area contributed by atoms with E-state index in [-0.39, 0.29) is 5.69 Å². The van der Waals surface area contributed by atoms with Gasteiger partial charge in [0.15, 0.2) is 5.69 Å². The van der Waals surface area contributed by atoms with E-state index in [0.29, 0.717) is 21.9 Å². The summed E-state index contributed by atoms with van der Waals surface area (Å²) in [5.41, 5.74) is 2.20. The number of carbonyl (C=O) groups is 1. The van der Waals surface area contributed by atoms with Gasteiger partial charge < -0.3 is 5.11 Å². The molecule has 0 radical (unpaired) electrons. The number of rotatable bonds is 2. The van der Waals surface area contributed by atoms with Gasteiger partial charge in [-0.05, 0) is 30.7 Å². The zero-order chi connectivity index (χ0) is 14.3. The molecule has 0 fully saturated rings. The summed E-state index contributed by atoms with van der Waals surface area (Å²) in [5, 5.41) is 9.87. The second-order valence-electron chi connectivity index (χ2n) is 4.48. The van der Waals surface area contributed by atoms with Gasteiger partial charge in [-0.15, -0.1) is 0 Å². The molecule has 0 amide bonds. The van der Waals surface area contributed by atoms with Gasteiger partial charge in [-0.3, -0.25) is 4.40 Å². The number of halogens is 1. The molecule has 0 bridgehead atoms. The van der Waals surface area contributed by atoms with Gasteiger partial charge >= 0.3 is 5.97 Å². The molecule has 3 rings (SSSR count). The van der Waals surface area contributed by atoms with Crippen molar-refractivity contribution in [3.8, 4) is 11.4 Å². The first kappa shape index (κ1) is 12.7. The molecule has 20 heavy (non-hydrogen) atoms. The van der Waals surface area contributed by atoms with Gasteiger partial charge in [-0.2, -0.15) is 0 Å². The summed E-state index contributed by atoms with van der Waals surface area (Å²) in [6, 6.07) is 11.0. The molecule has 0 spiro atoms. The molecule has 0 saturated heterocycles. The summed E-state index contributed by atoms with van der Waals surface area (Å²) in [7, 11) is 0. The predicted molar refractivity (Wildman–Crippen MR) is 77.3 cm³/mol. The summed E-state index contributed by atoms with van der Waals surface area (Å²) in [4.78, 5) is 15.6. The van der Waals surface area contributed by atoms with E-state index >= 15 is 0 Å². The van der Waals surface area contributed by atoms with Gasteiger partial charge in [0.1, 0.15) is 5.82 Å². The number of benzene rings is 1. The van der Waals surface area contributed by atoms with E-state index < -0.39 is 5.97 Å². The smallest absolute Gasteiger partial charge is 0.356 e. The molecule has 5 heteroatoms. The Kier molecular flexibility index (Phi) is 2.95. The molecule has 1 aromatic carbocycles. The van der Waals surface area contributed by atoms with Crippen molar-refractivity contribution in [3.05, 3.63) is 58.9 Å². The fourth-order valence-electron chi connectivity index (χ4n) is 2.29. The van der Waals surface area contributed by atoms with Gasteiger partial charge in [0, 0.05) is 11.8 Å². The van der Waals surface area contributed by atoms with Crippen LogP contribution in [-0.4, -0.2) is 20.5 Å². The van der Waals surface area contributed by atoms with Crippen molar-refractivity contribution in [2.75, 3.05) is 0 Å². The minimum atomic E-state index is -1.05. The summed E-state index contributed by atoms with van der Waals surface area (Å²) < 4.78 is 1.76. The Morgan fingerprint density at radius 1 is 1.25 bits per heavy atom. The zero-order valence-corrected chi connectivity index (χ0v) is 11.4. The van der Waals surface area contributed by atoms with Crippen molar-refractivity contribution in [3.63, 3.8) is 0 Å². The van der Waals surface area contributed by atoms with Crippen LogP contribution in [0.15, 0.2) is 42.6 Å². The first-order valence-electron chi connectivity index (χ1n) is 6.05. The summed E-state index contributed by atoms with van der Waals surface area (Å²) >= 11 is 6.19. The molecular weight excluding hydrogens is 276 g/mol. The molecule has 2 heterocycles. The molecular formula is C15H11ClN2O2. The number of carboxylic acids is 1. The number of hydrogen-bond acceptors (Lipinski definition) is 2. The van der Waals surface area contributed by atoms with Crippen molar-refractivity contribution in [2.45, 2.75) is 6.92 Å². The van der Waals surface area contributed by atoms with Crippen LogP contribution >= 0.6 is 11.6 Å². The number of pyridine rings is 1. The van der Waals surface area contributed by atoms with Crippen molar-refractivity contribution < 1.29 is 9.90 Å². The van der Waals surface area contributed by atoms with E-state index in [2.05, 4.69) is 4.98 Å². The average Bonchev–Trinajstić information content (AvgIpc) is 2.80. The second-order valence-corrected chi connectivity index (χ2v) is 4.89. The highest BCUT2D eigenvalue weighted by molar-refractivity contribution is 6.33. The zero-order valence-electron chi connectivity index (χ0n) is 10.7. The van der Waals surface area contributed by atoms with E-state index in [9.17, 15) is 9.90 Å². The maximum Gasteiger partial charge on any atom is 0.356 e. The van der Waals surface area contributed by atoms with Crippen LogP contribution in [0.25, 0.3) is 16.9 Å². The third-order valence-corrected chi connectivity index (χ3v) is 3.51. The van der Waals surface area contributed by atoms with Crippen LogP contribution in [0.1, 0.15) is 16.1 Å². The number of imidazole rings is 1. The molecule has 0 unspecified atom stereocenters. The number of aromatic nitrogens is 2. The lowest BCUT2D eigenvalue weighted by atomic mass is 10.2. The first-order valence-corrected chi connectivity index (χ1v) is 6.43. The highest BCUT2D eigenvalue weighted by Gasteiger charge is 2.20. The van der Waals surface area contributed by atoms with Gasteiger partial charge in [-0.25, -0.2) is 9.78 Å². The number of aryl methyl sites for hydroxylation is 1. The van der Waals surface area contributed by atoms with Gasteiger partial charge in [-0.1, -0.05) is 29.8 Å². The maximum atomic E-state index is 11.4. The Bertz CT molecular complexity index is 824. The number of fused-ring (bicyclic) bond motifs is 1. The average molecular weight is 287 g/mol. The van der Waals surface area contributed by atoms with Crippen LogP contribution in [0.4, 0.5) is 0 Å². The molecule has 0 aliphatic rings. The maximum absolute atomic E-state index is 11.4. The summed E-state index contributed by atoms with van der Waals surface area (Å²) in [6.07, 6.45) is 1.79. The molecule has 2 aromatic heterocycles. The van der Waals surface area contributed by atoms with Gasteiger partial charge in [0.05, 0.1) is 10.5 Å². The largest absolute Gasteiger partial charge is 0.476 e. The minimum absolute atomic E-state index is 0.0398. The Morgan fingerprint density at radius 3 is 2.70 bits per heavy atom. The monoisotopic (exact) mass is 286 g/mol. The molecule has 0 atom stereocenters. The highest BCUT2D eigenvalue weighted by Crippen LogP contribution is 2.29. The quantitative estimate of drug-likeness (QED) is 0.782. The van der Waals surface area contributed by atoms with E-state index in [1.54, 1.807) is 16.7 Å². The first-order chi connectivity index (χ1) is 9.59. The van der Waals surface area contributed by atoms with Gasteiger partial charge in [0.25, 0.3) is 0 Å². The SMILES string of the molecule is Cc1cccn2c(-c3ccccc3Cl)nc(C(=O)O)c12. The van der Waals surface area contributed by atoms with Crippen LogP contribution < -0.4 is 0 Å². The van der Waals surface area contributed by atoms with Crippen molar-refractivity contribution in [1.82, 2.24) is 9.38 Å². The second kappa shape index (κ2) is 4.65. The van der Waals surface area contributed by atoms with E-state index in [1.807, 2.05) is 37.3 Å². The molecule has 3 aromatic rings. The molecule has 0 aliphatic carbocycles. The minimum Gasteiger partial charge on any atom is -0.476 e. The van der Waals surface area contributed by atoms with E-state index in [1.165, 1.54) is 0 Å². The molecule has 0 aliphatic heterocycles. The third-order valence-electron chi connectivity index (χ3n) is 3.18. The van der Waals surface area contributed by atoms with Crippen molar-refractivity contribution in [2.24, 2.45) is 0 Å². The van der Waals surface area contributed by atoms with Crippen molar-refractivity contribution in [1.29, 1.82) is 0 Å². The predicted octanol–water partition coefficient (Wildman–Crippen LogP) is 3.66. The van der Waals surface area contributed by atoms with Crippen molar-refractivity contribution >= 4 is 23.1 Å². The Hall–Kier alpha value is -2.33. The lowest BCUT2D eigenvalue weighted by molar-refractivity contribution is 0.0693. The highest BCUT2D eigenvalue weighted by atomic mass is 35.5. The summed E-state index contributed by atoms with van der Waals surface area (Å²) in [6.45, 7) is 1.86. The fourth-order valence-corrected chi connectivity index (χ4v) is 2.51. The van der Waals surface area contributed by atoms with E-state index in [0.717, 1.165) is 5.56 Å². The number of aromatic carboxylic acids is 1. The lowest BCUT2D eigenvalue weighted by Crippen LogP contribution is -1.98. The molecule has 4 nitrogen and oxygen atoms in total. The number of nitrogens with zero attached hydrogens (tertiary/aromatic N) is 2. The van der Waals surface area contributed by atoms with Crippen LogP contribution in [0.2, 0.25) is 5.02 Å². The Morgan fingerprint density at radius 2 is 2.00 bits per heavy atom. The Labute approximate surface area is 120 Å². The lowest BCUT2D eigenvalue weighted by Gasteiger charge is -2.04. The van der Waals surface area contributed by atoms with Crippen LogP contribution in [0.5, 0.6) is 0 Å². The topological polar surface area (TPSA) is 54.6 Å².